The van der Waals surface area contributed by atoms with Gasteiger partial charge in [-0.3, -0.25) is 33.6 Å². The number of nitrogens with two attached hydrogens (primary N) is 3. The van der Waals surface area contributed by atoms with Crippen LogP contribution in [0.1, 0.15) is 104 Å². The molecule has 0 aromatic carbocycles. The molecular formula is C39H61BBrClLiMnN10O14S5. The number of halogens is 2. The van der Waals surface area contributed by atoms with Gasteiger partial charge >= 0.3 is 53.3 Å². The van der Waals surface area contributed by atoms with Crippen LogP contribution in [0.25, 0.3) is 0 Å². The van der Waals surface area contributed by atoms with Crippen LogP contribution in [0.15, 0.2) is 16.1 Å². The minimum atomic E-state index is -1.44. The predicted octanol–water partition coefficient (Wildman–Crippen LogP) is 1.82. The van der Waals surface area contributed by atoms with Crippen LogP contribution in [0.4, 0.5) is 15.4 Å². The average Bonchev–Trinajstić information content (AvgIpc) is 4.06. The minimum absolute atomic E-state index is 0. The number of nitrogens with one attached hydrogen (secondary N) is 4. The second-order valence-corrected chi connectivity index (χ2v) is 18.6. The monoisotopic (exact) mass is 1240 g/mol. The molecule has 3 rings (SSSR count). The summed E-state index contributed by atoms with van der Waals surface area (Å²) in [6.45, 7) is 19.8. The molecule has 0 atom stereocenters. The molecule has 0 saturated carbocycles. The standard InChI is InChI=1S/C10H14N2O3S.C8H12N2O2S.C8H10N2O2S.C5H10N2OS.C4H7ClO.C3H3BrO3.CH4N2S.B.Li.Mn.2O.H/c1-4-15-9(14)7-5-16-10(11-7)12-8(13)6(2)3;2*1-5(2)7(12)10-8-9-6(3-11)4-13-8;1-3(2)4(8)7-5(6)9;1-3(2)4(5)6;4-1-2(5)3(6)7;2-1(3)4;;;;;;/h5-6H,4H2,1-3H3,(H,11,12,13);4-5,11H,3H2,1-2H3,(H,9,10,12);3-5H,1-2H3,(H,9,10,12);3H,1-2H3,(H3,6,7,8,9);3H,1-2H3;1H2,(H,6,7);(H4,2,3,4);;;;;;/q;;;;;;;;+1;;;;-1. The van der Waals surface area contributed by atoms with Crippen molar-refractivity contribution in [2.24, 2.45) is 46.8 Å². The molecule has 73 heavy (non-hydrogen) atoms. The number of carbonyl (C=O) groups is 9. The number of esters is 1. The number of rotatable bonds is 14. The summed E-state index contributed by atoms with van der Waals surface area (Å²) >= 11 is 18.5. The van der Waals surface area contributed by atoms with Gasteiger partial charge in [0.15, 0.2) is 37.6 Å². The van der Waals surface area contributed by atoms with Gasteiger partial charge in [-0.05, 0) is 43.0 Å². The number of aldehydes is 1. The van der Waals surface area contributed by atoms with Crippen molar-refractivity contribution in [3.8, 4) is 0 Å². The zero-order valence-electron chi connectivity index (χ0n) is 42.9. The number of ether oxygens (including phenoxy) is 1. The van der Waals surface area contributed by atoms with Gasteiger partial charge in [0.2, 0.25) is 34.7 Å². The number of hydrogen-bond acceptors (Lipinski definition) is 21. The van der Waals surface area contributed by atoms with Crippen LogP contribution in [-0.4, -0.2) is 109 Å². The molecule has 0 unspecified atom stereocenters. The number of thiazole rings is 3. The van der Waals surface area contributed by atoms with Crippen LogP contribution < -0.4 is 57.3 Å². The molecule has 0 fully saturated rings. The van der Waals surface area contributed by atoms with E-state index in [-0.39, 0.29) is 115 Å². The molecule has 3 aromatic heterocycles. The number of carboxylic acid groups (broad SMARTS) is 1. The summed E-state index contributed by atoms with van der Waals surface area (Å²) in [5, 5.41) is 32.7. The molecule has 0 aliphatic heterocycles. The summed E-state index contributed by atoms with van der Waals surface area (Å²) in [4.78, 5) is 107. The first-order valence-electron chi connectivity index (χ1n) is 19.9. The van der Waals surface area contributed by atoms with E-state index < -0.39 is 32.5 Å². The fourth-order valence-electron chi connectivity index (χ4n) is 2.54. The van der Waals surface area contributed by atoms with Gasteiger partial charge in [-0.15, -0.1) is 34.0 Å². The Morgan fingerprint density at radius 3 is 1.36 bits per heavy atom. The van der Waals surface area contributed by atoms with E-state index in [0.29, 0.717) is 39.7 Å². The second kappa shape index (κ2) is 50.0. The molecule has 0 aliphatic rings. The predicted molar refractivity (Wildman–Crippen MR) is 285 cm³/mol. The van der Waals surface area contributed by atoms with E-state index in [4.69, 9.17) is 40.0 Å². The van der Waals surface area contributed by atoms with Gasteiger partial charge < -0.3 is 54.8 Å². The number of ketones is 1. The number of aliphatic hydroxyl groups is 1. The van der Waals surface area contributed by atoms with E-state index in [1.54, 1.807) is 78.5 Å². The first-order valence-corrected chi connectivity index (χ1v) is 25.8. The molecule has 12 N–H and O–H groups in total. The molecule has 0 bridgehead atoms. The molecule has 34 heteroatoms. The van der Waals surface area contributed by atoms with Crippen molar-refractivity contribution in [2.45, 2.75) is 82.8 Å². The van der Waals surface area contributed by atoms with Gasteiger partial charge in [-0.1, -0.05) is 85.2 Å². The maximum atomic E-state index is 11.4. The Hall–Kier alpha value is -4.19. The number of alkyl halides is 1. The number of thiocarbonyl (C=S) groups is 2. The molecule has 0 saturated heterocycles. The Bertz CT molecular complexity index is 2200. The molecule has 406 valence electrons. The fraction of sp³-hybridized carbons (Fsp3) is 0.487. The summed E-state index contributed by atoms with van der Waals surface area (Å²) in [5.74, 6) is -3.42. The van der Waals surface area contributed by atoms with E-state index in [9.17, 15) is 43.2 Å². The third kappa shape index (κ3) is 51.1. The van der Waals surface area contributed by atoms with Crippen LogP contribution >= 0.6 is 86.0 Å². The van der Waals surface area contributed by atoms with Gasteiger partial charge in [-0.25, -0.2) is 24.5 Å². The summed E-state index contributed by atoms with van der Waals surface area (Å²) in [6, 6.07) is 0. The van der Waals surface area contributed by atoms with E-state index in [1.165, 1.54) is 34.0 Å². The van der Waals surface area contributed by atoms with Crippen LogP contribution in [0, 0.1) is 29.6 Å². The van der Waals surface area contributed by atoms with Crippen molar-refractivity contribution in [1.29, 1.82) is 0 Å². The molecular weight excluding hydrogens is 1180 g/mol. The Morgan fingerprint density at radius 1 is 0.753 bits per heavy atom. The first kappa shape index (κ1) is 82.8. The van der Waals surface area contributed by atoms with Crippen molar-refractivity contribution < 1.29 is 101 Å². The number of aliphatic hydroxyl groups excluding tert-OH is 1. The maximum absolute atomic E-state index is 11.4. The quantitative estimate of drug-likeness (QED) is 0.0211. The zero-order chi connectivity index (χ0) is 56.6. The first-order chi connectivity index (χ1) is 32.8. The Kier molecular flexibility index (Phi) is 56.7. The van der Waals surface area contributed by atoms with Gasteiger partial charge in [-0.2, -0.15) is 0 Å². The normalized spacial score (nSPS) is 9.08. The number of carboxylic acids is 1. The molecule has 3 heterocycles. The van der Waals surface area contributed by atoms with Crippen molar-refractivity contribution in [2.75, 3.05) is 27.9 Å². The molecule has 3 radical (unpaired) electrons. The van der Waals surface area contributed by atoms with Crippen LogP contribution in [0.5, 0.6) is 0 Å². The Balaban J connectivity index is -0.000000117. The zero-order valence-corrected chi connectivity index (χ0v) is 49.5. The van der Waals surface area contributed by atoms with Crippen molar-refractivity contribution in [3.63, 3.8) is 0 Å². The number of carbonyl (C=O) groups excluding carboxylic acids is 8. The molecule has 24 nitrogen and oxygen atoms in total. The molecule has 4 amide bonds. The molecule has 3 aromatic rings. The van der Waals surface area contributed by atoms with Gasteiger partial charge in [0, 0.05) is 54.1 Å². The van der Waals surface area contributed by atoms with E-state index in [0.717, 1.165) is 0 Å². The number of anilines is 3. The average molecular weight is 1240 g/mol. The third-order valence-electron chi connectivity index (χ3n) is 6.19. The van der Waals surface area contributed by atoms with Gasteiger partial charge in [0.1, 0.15) is 5.69 Å². The Morgan fingerprint density at radius 2 is 1.11 bits per heavy atom. The van der Waals surface area contributed by atoms with E-state index in [2.05, 4.69) is 88.1 Å². The van der Waals surface area contributed by atoms with Crippen molar-refractivity contribution in [1.82, 2.24) is 20.3 Å². The Labute approximate surface area is 481 Å². The third-order valence-corrected chi connectivity index (χ3v) is 9.58. The summed E-state index contributed by atoms with van der Waals surface area (Å²) in [7, 11) is 0. The fourth-order valence-corrected chi connectivity index (χ4v) is 4.92. The number of aromatic nitrogens is 3. The van der Waals surface area contributed by atoms with Crippen LogP contribution in [-0.2, 0) is 67.4 Å². The summed E-state index contributed by atoms with van der Waals surface area (Å²) < 4.78 is 21.6. The second-order valence-electron chi connectivity index (χ2n) is 14.0. The SMILES string of the molecule is CC(C)C(=O)Cl.CC(C)C(=O)NC(N)=S.CC(C)C(=O)Nc1nc(C=O)cs1.CC(C)C(=O)Nc1nc(CO)cs1.CCOC(=O)c1csc(NC(=O)C(C)C)n1.NC(N)=S.O=C(O)C(=O)CBr.[B].[H-].[Li+].[O]=[Mn]=[O]. The number of nitrogens with zero attached hydrogens (tertiary/aromatic N) is 3. The number of hydrogen-bond donors (Lipinski definition) is 9. The summed E-state index contributed by atoms with van der Waals surface area (Å²) in [6.07, 6.45) is 0.654. The van der Waals surface area contributed by atoms with E-state index in [1.807, 2.05) is 13.8 Å². The number of aliphatic carboxylic acids is 1. The molecule has 0 spiro atoms. The van der Waals surface area contributed by atoms with Gasteiger partial charge in [0.25, 0.3) is 0 Å². The van der Waals surface area contributed by atoms with Crippen molar-refractivity contribution in [3.05, 3.63) is 33.2 Å². The van der Waals surface area contributed by atoms with Crippen LogP contribution in [0.2, 0.25) is 0 Å². The molecule has 0 aliphatic carbocycles. The van der Waals surface area contributed by atoms with Crippen molar-refractivity contribution >= 4 is 173 Å². The number of amides is 4. The van der Waals surface area contributed by atoms with Gasteiger partial charge in [0.05, 0.1) is 24.2 Å². The topological polar surface area (TPSA) is 402 Å². The number of Topliss-reactive ketones (excluding diaryl/α,β-unsaturated/α-hetero) is 1. The summed E-state index contributed by atoms with van der Waals surface area (Å²) in [5.41, 5.74) is 15.4. The van der Waals surface area contributed by atoms with E-state index >= 15 is 0 Å². The van der Waals surface area contributed by atoms with Crippen LogP contribution in [0.3, 0.4) is 0 Å².